The van der Waals surface area contributed by atoms with Crippen LogP contribution in [0.15, 0.2) is 60.7 Å². The van der Waals surface area contributed by atoms with Crippen LogP contribution >= 0.6 is 0 Å². The van der Waals surface area contributed by atoms with E-state index >= 15 is 0 Å². The molecule has 1 aliphatic rings. The number of hydrogen-bond acceptors (Lipinski definition) is 4. The molecule has 10 heteroatoms. The van der Waals surface area contributed by atoms with Gasteiger partial charge in [0.2, 0.25) is 0 Å². The van der Waals surface area contributed by atoms with Crippen molar-refractivity contribution >= 4 is 40.1 Å². The molecule has 210 valence electrons. The Bertz CT molecular complexity index is 1260. The summed E-state index contributed by atoms with van der Waals surface area (Å²) in [4.78, 5) is 38.3. The van der Waals surface area contributed by atoms with Crippen molar-refractivity contribution in [1.29, 1.82) is 0 Å². The maximum Gasteiger partial charge on any atom is 1.00 e. The van der Waals surface area contributed by atoms with E-state index in [9.17, 15) is 19.5 Å². The van der Waals surface area contributed by atoms with Gasteiger partial charge in [0.1, 0.15) is 6.04 Å². The number of fused-ring (bicyclic) bond motifs is 1. The van der Waals surface area contributed by atoms with Crippen LogP contribution in [0.5, 0.6) is 0 Å². The molecule has 1 atom stereocenters. The third-order valence-electron chi connectivity index (χ3n) is 7.08. The number of carboxylic acids is 1. The van der Waals surface area contributed by atoms with E-state index in [4.69, 9.17) is 0 Å². The van der Waals surface area contributed by atoms with E-state index in [0.717, 1.165) is 62.1 Å². The van der Waals surface area contributed by atoms with Crippen LogP contribution < -0.4 is 34.8 Å². The maximum absolute atomic E-state index is 13.4. The van der Waals surface area contributed by atoms with E-state index in [1.807, 2.05) is 48.5 Å². The first-order valence-corrected chi connectivity index (χ1v) is 13.2. The van der Waals surface area contributed by atoms with E-state index in [2.05, 4.69) is 22.9 Å². The molecule has 0 bridgehead atoms. The van der Waals surface area contributed by atoms with Crippen molar-refractivity contribution in [3.05, 3.63) is 71.8 Å². The molecule has 0 unspecified atom stereocenters. The smallest absolute Gasteiger partial charge is 0.870 e. The maximum atomic E-state index is 13.4. The predicted molar refractivity (Wildman–Crippen MR) is 153 cm³/mol. The predicted octanol–water partition coefficient (Wildman–Crippen LogP) is 2.59. The zero-order chi connectivity index (χ0) is 26.2. The van der Waals surface area contributed by atoms with E-state index in [-0.39, 0.29) is 41.3 Å². The molecule has 3 aromatic carbocycles. The van der Waals surface area contributed by atoms with E-state index < -0.39 is 23.9 Å². The molecular formula is C30H38LiN3O6. The van der Waals surface area contributed by atoms with Crippen LogP contribution in [-0.2, 0) is 11.2 Å². The minimum Gasteiger partial charge on any atom is -0.870 e. The van der Waals surface area contributed by atoms with Gasteiger partial charge in [0.25, 0.3) is 5.91 Å². The minimum absolute atomic E-state index is 0. The Labute approximate surface area is 246 Å². The van der Waals surface area contributed by atoms with Crippen LogP contribution in [0.25, 0.3) is 10.8 Å². The second kappa shape index (κ2) is 16.7. The van der Waals surface area contributed by atoms with Gasteiger partial charge >= 0.3 is 30.9 Å². The molecule has 0 spiro atoms. The number of aliphatic carboxylic acids is 1. The van der Waals surface area contributed by atoms with Crippen molar-refractivity contribution in [1.82, 2.24) is 5.32 Å². The van der Waals surface area contributed by atoms with Crippen molar-refractivity contribution < 1.29 is 49.3 Å². The number of unbranched alkanes of at least 4 members (excludes halogenated alkanes) is 1. The largest absolute Gasteiger partial charge is 1.00 e. The SMILES string of the molecule is CCCCc1ccc(NC(=O)Nc2cc3ccccc3cc2C(=O)N[C@H](C(=O)O)C2CCCCC2)cc1.O.[Li+].[OH-]. The van der Waals surface area contributed by atoms with E-state index in [0.29, 0.717) is 11.4 Å². The second-order valence-electron chi connectivity index (χ2n) is 9.81. The minimum atomic E-state index is -1.03. The van der Waals surface area contributed by atoms with Gasteiger partial charge in [0.15, 0.2) is 0 Å². The van der Waals surface area contributed by atoms with Gasteiger partial charge < -0.3 is 32.0 Å². The zero-order valence-corrected chi connectivity index (χ0v) is 23.2. The van der Waals surface area contributed by atoms with Crippen molar-refractivity contribution in [2.75, 3.05) is 10.6 Å². The number of carbonyl (C=O) groups excluding carboxylic acids is 2. The summed E-state index contributed by atoms with van der Waals surface area (Å²) in [5.74, 6) is -1.65. The third kappa shape index (κ3) is 9.10. The number of aryl methyl sites for hydroxylation is 1. The topological polar surface area (TPSA) is 169 Å². The van der Waals surface area contributed by atoms with Crippen molar-refractivity contribution in [3.8, 4) is 0 Å². The molecule has 0 heterocycles. The van der Waals surface area contributed by atoms with Crippen LogP contribution in [0, 0.1) is 5.92 Å². The Kier molecular flexibility index (Phi) is 14.5. The van der Waals surface area contributed by atoms with Gasteiger partial charge in [-0.25, -0.2) is 9.59 Å². The summed E-state index contributed by atoms with van der Waals surface area (Å²) in [5, 5.41) is 19.9. The molecule has 0 aliphatic heterocycles. The van der Waals surface area contributed by atoms with Crippen molar-refractivity contribution in [3.63, 3.8) is 0 Å². The van der Waals surface area contributed by atoms with Gasteiger partial charge in [-0.2, -0.15) is 0 Å². The Morgan fingerprint density at radius 2 is 1.55 bits per heavy atom. The van der Waals surface area contributed by atoms with Crippen LogP contribution in [-0.4, -0.2) is 40.0 Å². The first-order valence-electron chi connectivity index (χ1n) is 13.2. The van der Waals surface area contributed by atoms with Gasteiger partial charge in [-0.1, -0.05) is 69.0 Å². The molecule has 7 N–H and O–H groups in total. The summed E-state index contributed by atoms with van der Waals surface area (Å²) >= 11 is 0. The van der Waals surface area contributed by atoms with Gasteiger partial charge in [-0.3, -0.25) is 4.79 Å². The summed E-state index contributed by atoms with van der Waals surface area (Å²) in [6, 6.07) is 17.3. The van der Waals surface area contributed by atoms with Gasteiger partial charge in [-0.05, 0) is 72.2 Å². The van der Waals surface area contributed by atoms with Crippen LogP contribution in [0.3, 0.4) is 0 Å². The molecule has 9 nitrogen and oxygen atoms in total. The van der Waals surface area contributed by atoms with Crippen LogP contribution in [0.4, 0.5) is 16.2 Å². The van der Waals surface area contributed by atoms with Crippen LogP contribution in [0.2, 0.25) is 0 Å². The summed E-state index contributed by atoms with van der Waals surface area (Å²) < 4.78 is 0. The molecule has 1 saturated carbocycles. The molecular weight excluding hydrogens is 505 g/mol. The number of anilines is 2. The van der Waals surface area contributed by atoms with Crippen molar-refractivity contribution in [2.24, 2.45) is 5.92 Å². The Hall–Kier alpha value is -3.35. The average Bonchev–Trinajstić information content (AvgIpc) is 2.91. The molecule has 1 fully saturated rings. The van der Waals surface area contributed by atoms with E-state index in [1.54, 1.807) is 12.1 Å². The number of hydrogen-bond donors (Lipinski definition) is 4. The summed E-state index contributed by atoms with van der Waals surface area (Å²) in [6.07, 6.45) is 7.81. The standard InChI is InChI=1S/C30H35N3O4.Li.2H2O/c1-2-3-9-20-14-16-24(17-15-20)31-30(37)32-26-19-23-13-8-7-12-22(23)18-25(26)28(34)33-27(29(35)36)21-10-5-4-6-11-21;;;/h7-8,12-19,21,27H,2-6,9-11H2,1H3,(H,33,34)(H,35,36)(H2,31,32,37);;2*1H2/q;+1;;/p-1/t27-;;;/m0.../s1. The molecule has 0 radical (unpaired) electrons. The van der Waals surface area contributed by atoms with Crippen LogP contribution in [0.1, 0.15) is 67.8 Å². The van der Waals surface area contributed by atoms with E-state index in [1.165, 1.54) is 5.56 Å². The number of rotatable bonds is 9. The Morgan fingerprint density at radius 1 is 0.925 bits per heavy atom. The fourth-order valence-electron chi connectivity index (χ4n) is 5.02. The van der Waals surface area contributed by atoms with Gasteiger partial charge in [0.05, 0.1) is 11.3 Å². The molecule has 3 aromatic rings. The quantitative estimate of drug-likeness (QED) is 0.304. The molecule has 0 aromatic heterocycles. The molecule has 1 aliphatic carbocycles. The summed E-state index contributed by atoms with van der Waals surface area (Å²) in [6.45, 7) is 2.15. The molecule has 4 rings (SSSR count). The molecule has 3 amide bonds. The summed E-state index contributed by atoms with van der Waals surface area (Å²) in [7, 11) is 0. The zero-order valence-electron chi connectivity index (χ0n) is 23.2. The third-order valence-corrected chi connectivity index (χ3v) is 7.08. The van der Waals surface area contributed by atoms with Crippen molar-refractivity contribution in [2.45, 2.75) is 64.3 Å². The number of carbonyl (C=O) groups is 3. The number of carboxylic acid groups (broad SMARTS) is 1. The normalized spacial score (nSPS) is 13.5. The Balaban J connectivity index is 0.00000267. The molecule has 40 heavy (non-hydrogen) atoms. The Morgan fingerprint density at radius 3 is 2.15 bits per heavy atom. The monoisotopic (exact) mass is 543 g/mol. The molecule has 0 saturated heterocycles. The fraction of sp³-hybridized carbons (Fsp3) is 0.367. The summed E-state index contributed by atoms with van der Waals surface area (Å²) in [5.41, 5.74) is 2.41. The fourth-order valence-corrected chi connectivity index (χ4v) is 5.02. The number of benzene rings is 3. The van der Waals surface area contributed by atoms with Gasteiger partial charge in [0, 0.05) is 5.69 Å². The first kappa shape index (κ1) is 34.7. The average molecular weight is 544 g/mol. The number of nitrogens with one attached hydrogen (secondary N) is 3. The number of urea groups is 1. The first-order chi connectivity index (χ1) is 17.9. The second-order valence-corrected chi connectivity index (χ2v) is 9.81. The number of amides is 3. The van der Waals surface area contributed by atoms with Gasteiger partial charge in [-0.15, -0.1) is 0 Å².